The van der Waals surface area contributed by atoms with Crippen LogP contribution in [0, 0.1) is 5.82 Å². The summed E-state index contributed by atoms with van der Waals surface area (Å²) in [5.74, 6) is -0.360. The van der Waals surface area contributed by atoms with Crippen LogP contribution in [0.3, 0.4) is 0 Å². The van der Waals surface area contributed by atoms with Crippen molar-refractivity contribution < 1.29 is 13.2 Å². The number of aryl methyl sites for hydroxylation is 1. The largest absolute Gasteiger partial charge is 0.760 e. The summed E-state index contributed by atoms with van der Waals surface area (Å²) in [4.78, 5) is 17.2. The molecule has 0 aliphatic carbocycles. The van der Waals surface area contributed by atoms with E-state index >= 15 is 0 Å². The van der Waals surface area contributed by atoms with Gasteiger partial charge in [-0.2, -0.15) is 0 Å². The number of benzene rings is 2. The van der Waals surface area contributed by atoms with Gasteiger partial charge >= 0.3 is 0 Å². The molecule has 3 atom stereocenters. The third-order valence-electron chi connectivity index (χ3n) is 5.57. The molecule has 32 heavy (non-hydrogen) atoms. The van der Waals surface area contributed by atoms with Crippen LogP contribution in [0.25, 0.3) is 11.1 Å². The van der Waals surface area contributed by atoms with Gasteiger partial charge in [-0.1, -0.05) is 11.6 Å². The molecule has 3 aromatic rings. The van der Waals surface area contributed by atoms with Gasteiger partial charge in [-0.25, -0.2) is 9.11 Å². The number of halogens is 2. The van der Waals surface area contributed by atoms with Gasteiger partial charge in [-0.05, 0) is 66.9 Å². The van der Waals surface area contributed by atoms with E-state index in [9.17, 15) is 17.9 Å². The fraction of sp³-hybridized carbons (Fsp3) is 0.217. The summed E-state index contributed by atoms with van der Waals surface area (Å²) < 4.78 is 39.8. The quantitative estimate of drug-likeness (QED) is 0.577. The maximum Gasteiger partial charge on any atom is 0.250 e. The van der Waals surface area contributed by atoms with Gasteiger partial charge in [-0.15, -0.1) is 0 Å². The highest BCUT2D eigenvalue weighted by Gasteiger charge is 2.26. The van der Waals surface area contributed by atoms with E-state index in [1.807, 2.05) is 13.0 Å². The molecule has 1 aliphatic rings. The first-order valence-electron chi connectivity index (χ1n) is 9.89. The molecular formula is C23H20ClFN3O3S-. The van der Waals surface area contributed by atoms with E-state index in [0.29, 0.717) is 27.4 Å². The molecule has 1 aliphatic heterocycles. The second kappa shape index (κ2) is 8.71. The molecule has 6 nitrogen and oxygen atoms in total. The minimum atomic E-state index is -2.47. The highest BCUT2D eigenvalue weighted by molar-refractivity contribution is 7.77. The van der Waals surface area contributed by atoms with E-state index in [1.165, 1.54) is 16.7 Å². The number of hydrogen-bond donors (Lipinski definition) is 1. The lowest BCUT2D eigenvalue weighted by Gasteiger charge is -2.21. The third-order valence-corrected chi connectivity index (χ3v) is 6.45. The molecule has 1 aromatic heterocycles. The van der Waals surface area contributed by atoms with Crippen molar-refractivity contribution in [1.29, 1.82) is 0 Å². The molecule has 166 valence electrons. The van der Waals surface area contributed by atoms with E-state index in [0.717, 1.165) is 16.7 Å². The molecule has 0 radical (unpaired) electrons. The van der Waals surface area contributed by atoms with Crippen molar-refractivity contribution in [2.45, 2.75) is 25.9 Å². The minimum Gasteiger partial charge on any atom is -0.760 e. The monoisotopic (exact) mass is 472 g/mol. The van der Waals surface area contributed by atoms with Crippen LogP contribution in [0.4, 0.5) is 4.39 Å². The van der Waals surface area contributed by atoms with Crippen LogP contribution in [0.2, 0.25) is 5.02 Å². The average molecular weight is 473 g/mol. The molecule has 0 fully saturated rings. The third kappa shape index (κ3) is 4.19. The average Bonchev–Trinajstić information content (AvgIpc) is 2.83. The minimum absolute atomic E-state index is 0.163. The molecular weight excluding hydrogens is 453 g/mol. The molecule has 0 bridgehead atoms. The zero-order valence-electron chi connectivity index (χ0n) is 17.6. The molecule has 4 rings (SSSR count). The zero-order chi connectivity index (χ0) is 23.2. The molecule has 2 heterocycles. The van der Waals surface area contributed by atoms with Crippen molar-refractivity contribution in [3.05, 3.63) is 92.1 Å². The van der Waals surface area contributed by atoms with Gasteiger partial charge in [0.25, 0.3) is 5.56 Å². The maximum atomic E-state index is 13.6. The lowest BCUT2D eigenvalue weighted by Crippen LogP contribution is -2.21. The van der Waals surface area contributed by atoms with Crippen molar-refractivity contribution >= 4 is 28.6 Å². The Hall–Kier alpha value is -2.65. The van der Waals surface area contributed by atoms with E-state index in [-0.39, 0.29) is 17.4 Å². The first kappa shape index (κ1) is 22.5. The molecule has 9 heteroatoms. The Kier molecular flexibility index (Phi) is 6.13. The Morgan fingerprint density at radius 1 is 1.19 bits per heavy atom. The van der Waals surface area contributed by atoms with Gasteiger partial charge in [0.1, 0.15) is 5.82 Å². The van der Waals surface area contributed by atoms with Gasteiger partial charge < -0.3 is 9.12 Å². The van der Waals surface area contributed by atoms with Gasteiger partial charge in [0.05, 0.1) is 11.8 Å². The zero-order valence-corrected chi connectivity index (χ0v) is 19.1. The van der Waals surface area contributed by atoms with Crippen LogP contribution in [-0.4, -0.2) is 19.0 Å². The standard InChI is InChI=1S/C23H21ClFN3O3S/c1-12-16-10-22(29)28(3)11-20(16)18-8-17(13(2)27-32(30)31)21(24)9-19(18)23(26-12)14-4-6-15(25)7-5-14/h4-13,27H,1-3H3,(H,30,31)/p-1. The first-order valence-corrected chi connectivity index (χ1v) is 11.3. The van der Waals surface area contributed by atoms with Crippen LogP contribution in [0.15, 0.2) is 58.4 Å². The van der Waals surface area contributed by atoms with Crippen molar-refractivity contribution in [3.63, 3.8) is 0 Å². The summed E-state index contributed by atoms with van der Waals surface area (Å²) in [5, 5.41) is 0.366. The SMILES string of the molecule is CC1N=C(c2ccc(F)cc2)c2cc(Cl)c(C(C)NS(=O)[O-])cc2-c2cn(C)c(=O)cc21. The number of nitrogens with one attached hydrogen (secondary N) is 1. The van der Waals surface area contributed by atoms with Crippen molar-refractivity contribution in [1.82, 2.24) is 9.29 Å². The molecule has 0 spiro atoms. The Morgan fingerprint density at radius 2 is 1.88 bits per heavy atom. The predicted molar refractivity (Wildman–Crippen MR) is 123 cm³/mol. The molecule has 2 aromatic carbocycles. The highest BCUT2D eigenvalue weighted by Crippen LogP contribution is 2.40. The number of rotatable bonds is 4. The fourth-order valence-corrected chi connectivity index (χ4v) is 4.68. The number of fused-ring (bicyclic) bond motifs is 3. The summed E-state index contributed by atoms with van der Waals surface area (Å²) in [6.45, 7) is 3.58. The van der Waals surface area contributed by atoms with Gasteiger partial charge in [0.15, 0.2) is 0 Å². The molecule has 1 N–H and O–H groups in total. The van der Waals surface area contributed by atoms with Gasteiger partial charge in [0, 0.05) is 58.3 Å². The lowest BCUT2D eigenvalue weighted by atomic mass is 9.90. The summed E-state index contributed by atoms with van der Waals surface area (Å²) in [6.07, 6.45) is 1.75. The van der Waals surface area contributed by atoms with E-state index in [2.05, 4.69) is 4.72 Å². The number of hydrogen-bond acceptors (Lipinski definition) is 4. The smallest absolute Gasteiger partial charge is 0.250 e. The summed E-state index contributed by atoms with van der Waals surface area (Å²) in [7, 11) is 1.67. The molecule has 0 saturated carbocycles. The highest BCUT2D eigenvalue weighted by atomic mass is 35.5. The molecule has 0 amide bonds. The second-order valence-corrected chi connectivity index (χ2v) is 8.86. The summed E-state index contributed by atoms with van der Waals surface area (Å²) in [6, 6.07) is 10.2. The second-order valence-electron chi connectivity index (χ2n) is 7.75. The summed E-state index contributed by atoms with van der Waals surface area (Å²) >= 11 is 4.11. The first-order chi connectivity index (χ1) is 15.2. The van der Waals surface area contributed by atoms with Crippen LogP contribution >= 0.6 is 11.6 Å². The van der Waals surface area contributed by atoms with Crippen molar-refractivity contribution in [2.24, 2.45) is 12.0 Å². The van der Waals surface area contributed by atoms with Crippen molar-refractivity contribution in [3.8, 4) is 11.1 Å². The van der Waals surface area contributed by atoms with Gasteiger partial charge in [0.2, 0.25) is 0 Å². The van der Waals surface area contributed by atoms with E-state index in [4.69, 9.17) is 16.6 Å². The van der Waals surface area contributed by atoms with Crippen LogP contribution in [0.1, 0.15) is 48.2 Å². The van der Waals surface area contributed by atoms with Crippen LogP contribution in [0.5, 0.6) is 0 Å². The molecule has 0 saturated heterocycles. The molecule has 3 unspecified atom stereocenters. The predicted octanol–water partition coefficient (Wildman–Crippen LogP) is 4.20. The van der Waals surface area contributed by atoms with E-state index in [1.54, 1.807) is 44.4 Å². The Morgan fingerprint density at radius 3 is 2.53 bits per heavy atom. The number of nitrogens with zero attached hydrogens (tertiary/aromatic N) is 2. The Labute approximate surface area is 192 Å². The van der Waals surface area contributed by atoms with E-state index < -0.39 is 17.3 Å². The lowest BCUT2D eigenvalue weighted by molar-refractivity contribution is 0.512. The number of pyridine rings is 1. The van der Waals surface area contributed by atoms with Gasteiger partial charge in [-0.3, -0.25) is 14.0 Å². The summed E-state index contributed by atoms with van der Waals surface area (Å²) in [5.41, 5.74) is 4.75. The van der Waals surface area contributed by atoms with Crippen LogP contribution in [-0.2, 0) is 18.3 Å². The Balaban J connectivity index is 2.03. The Bertz CT molecular complexity index is 1320. The topological polar surface area (TPSA) is 86.5 Å². The van der Waals surface area contributed by atoms with Crippen LogP contribution < -0.4 is 10.3 Å². The number of aromatic nitrogens is 1. The number of aliphatic imine (C=N–C) groups is 1. The fourth-order valence-electron chi connectivity index (χ4n) is 3.93. The maximum absolute atomic E-state index is 13.6. The normalized spacial score (nSPS) is 17.1. The van der Waals surface area contributed by atoms with Crippen molar-refractivity contribution in [2.75, 3.05) is 0 Å².